The number of hydrogen-bond acceptors (Lipinski definition) is 4. The van der Waals surface area contributed by atoms with Crippen molar-refractivity contribution in [2.45, 2.75) is 13.0 Å². The van der Waals surface area contributed by atoms with Crippen molar-refractivity contribution in [1.29, 1.82) is 5.26 Å². The summed E-state index contributed by atoms with van der Waals surface area (Å²) < 4.78 is 5.22. The number of nitrogens with zero attached hydrogens (tertiary/aromatic N) is 1. The SMILES string of the molecule is C[C@H](OC(=O)c1cccc(C#N)c1)C(=O)Nc1cccc2ccccc12. The van der Waals surface area contributed by atoms with Crippen molar-refractivity contribution < 1.29 is 14.3 Å². The number of anilines is 1. The molecule has 0 heterocycles. The quantitative estimate of drug-likeness (QED) is 0.728. The van der Waals surface area contributed by atoms with Crippen LogP contribution in [0.25, 0.3) is 10.8 Å². The topological polar surface area (TPSA) is 79.2 Å². The summed E-state index contributed by atoms with van der Waals surface area (Å²) >= 11 is 0. The van der Waals surface area contributed by atoms with Gasteiger partial charge in [-0.25, -0.2) is 4.79 Å². The molecule has 3 aromatic carbocycles. The number of carbonyl (C=O) groups is 2. The number of amides is 1. The smallest absolute Gasteiger partial charge is 0.338 e. The fourth-order valence-electron chi connectivity index (χ4n) is 2.57. The van der Waals surface area contributed by atoms with Gasteiger partial charge in [-0.1, -0.05) is 42.5 Å². The summed E-state index contributed by atoms with van der Waals surface area (Å²) in [4.78, 5) is 24.6. The standard InChI is InChI=1S/C21H16N2O3/c1-14(26-21(25)17-9-4-6-15(12-17)13-22)20(24)23-19-11-5-8-16-7-2-3-10-18(16)19/h2-12,14H,1H3,(H,23,24)/t14-/m0/s1. The van der Waals surface area contributed by atoms with Crippen molar-refractivity contribution in [2.24, 2.45) is 0 Å². The van der Waals surface area contributed by atoms with E-state index in [-0.39, 0.29) is 5.56 Å². The maximum Gasteiger partial charge on any atom is 0.338 e. The van der Waals surface area contributed by atoms with E-state index in [1.807, 2.05) is 42.5 Å². The highest BCUT2D eigenvalue weighted by Crippen LogP contribution is 2.23. The van der Waals surface area contributed by atoms with Crippen molar-refractivity contribution in [3.8, 4) is 6.07 Å². The van der Waals surface area contributed by atoms with E-state index >= 15 is 0 Å². The molecule has 0 fully saturated rings. The number of nitriles is 1. The zero-order valence-electron chi connectivity index (χ0n) is 14.1. The molecule has 0 bridgehead atoms. The third-order valence-electron chi connectivity index (χ3n) is 3.93. The highest BCUT2D eigenvalue weighted by Gasteiger charge is 2.19. The third-order valence-corrected chi connectivity index (χ3v) is 3.93. The zero-order chi connectivity index (χ0) is 18.5. The predicted octanol–water partition coefficient (Wildman–Crippen LogP) is 3.90. The van der Waals surface area contributed by atoms with E-state index in [0.717, 1.165) is 10.8 Å². The van der Waals surface area contributed by atoms with Gasteiger partial charge in [-0.3, -0.25) is 4.79 Å². The van der Waals surface area contributed by atoms with Crippen molar-refractivity contribution in [3.05, 3.63) is 77.9 Å². The van der Waals surface area contributed by atoms with Gasteiger partial charge < -0.3 is 10.1 Å². The Balaban J connectivity index is 1.71. The molecule has 0 aliphatic carbocycles. The molecular weight excluding hydrogens is 328 g/mol. The minimum Gasteiger partial charge on any atom is -0.449 e. The number of nitrogens with one attached hydrogen (secondary N) is 1. The Hall–Kier alpha value is -3.65. The number of benzene rings is 3. The Kier molecular flexibility index (Phi) is 4.95. The normalized spacial score (nSPS) is 11.4. The number of fused-ring (bicyclic) bond motifs is 1. The minimum atomic E-state index is -0.979. The van der Waals surface area contributed by atoms with Gasteiger partial charge in [0.2, 0.25) is 0 Å². The summed E-state index contributed by atoms with van der Waals surface area (Å²) in [6.45, 7) is 1.51. The monoisotopic (exact) mass is 344 g/mol. The molecule has 5 nitrogen and oxygen atoms in total. The van der Waals surface area contributed by atoms with Crippen molar-refractivity contribution in [1.82, 2.24) is 0 Å². The van der Waals surface area contributed by atoms with Gasteiger partial charge in [0.15, 0.2) is 6.10 Å². The third kappa shape index (κ3) is 3.70. The number of hydrogen-bond donors (Lipinski definition) is 1. The number of esters is 1. The Morgan fingerprint density at radius 3 is 2.58 bits per heavy atom. The average Bonchev–Trinajstić information content (AvgIpc) is 2.68. The van der Waals surface area contributed by atoms with Crippen LogP contribution in [0.15, 0.2) is 66.7 Å². The lowest BCUT2D eigenvalue weighted by atomic mass is 10.1. The van der Waals surface area contributed by atoms with Crippen LogP contribution in [0, 0.1) is 11.3 Å². The Morgan fingerprint density at radius 2 is 1.77 bits per heavy atom. The van der Waals surface area contributed by atoms with Gasteiger partial charge in [0, 0.05) is 11.1 Å². The summed E-state index contributed by atoms with van der Waals surface area (Å²) in [6, 6.07) is 21.4. The Bertz CT molecular complexity index is 1020. The van der Waals surface area contributed by atoms with Crippen LogP contribution < -0.4 is 5.32 Å². The molecule has 1 atom stereocenters. The molecule has 128 valence electrons. The average molecular weight is 344 g/mol. The second-order valence-electron chi connectivity index (χ2n) is 5.76. The molecule has 0 aliphatic heterocycles. The molecule has 0 aliphatic rings. The zero-order valence-corrected chi connectivity index (χ0v) is 14.1. The fourth-order valence-corrected chi connectivity index (χ4v) is 2.57. The van der Waals surface area contributed by atoms with Crippen LogP contribution in [0.5, 0.6) is 0 Å². The highest BCUT2D eigenvalue weighted by atomic mass is 16.5. The number of ether oxygens (including phenoxy) is 1. The Labute approximate surface area is 150 Å². The minimum absolute atomic E-state index is 0.230. The largest absolute Gasteiger partial charge is 0.449 e. The van der Waals surface area contributed by atoms with Gasteiger partial charge in [0.25, 0.3) is 5.91 Å². The van der Waals surface area contributed by atoms with Gasteiger partial charge in [-0.2, -0.15) is 5.26 Å². The predicted molar refractivity (Wildman–Crippen MR) is 98.6 cm³/mol. The summed E-state index contributed by atoms with van der Waals surface area (Å²) in [5, 5.41) is 13.6. The summed E-state index contributed by atoms with van der Waals surface area (Å²) in [5.74, 6) is -1.08. The number of rotatable bonds is 4. The first kappa shape index (κ1) is 17.2. The van der Waals surface area contributed by atoms with Gasteiger partial charge >= 0.3 is 5.97 Å². The van der Waals surface area contributed by atoms with E-state index in [2.05, 4.69) is 5.32 Å². The van der Waals surface area contributed by atoms with E-state index in [1.54, 1.807) is 24.3 Å². The molecule has 1 N–H and O–H groups in total. The van der Waals surface area contributed by atoms with Crippen LogP contribution in [0.1, 0.15) is 22.8 Å². The van der Waals surface area contributed by atoms with Crippen LogP contribution in [-0.4, -0.2) is 18.0 Å². The molecule has 1 amide bonds. The highest BCUT2D eigenvalue weighted by molar-refractivity contribution is 6.04. The molecule has 0 spiro atoms. The van der Waals surface area contributed by atoms with Crippen LogP contribution >= 0.6 is 0 Å². The fraction of sp³-hybridized carbons (Fsp3) is 0.0952. The lowest BCUT2D eigenvalue weighted by Gasteiger charge is -2.15. The molecule has 3 rings (SSSR count). The first-order valence-electron chi connectivity index (χ1n) is 8.08. The summed E-state index contributed by atoms with van der Waals surface area (Å²) in [7, 11) is 0. The molecule has 0 saturated carbocycles. The first-order valence-corrected chi connectivity index (χ1v) is 8.08. The first-order chi connectivity index (χ1) is 12.6. The molecule has 0 unspecified atom stereocenters. The molecule has 0 saturated heterocycles. The van der Waals surface area contributed by atoms with Gasteiger partial charge in [-0.15, -0.1) is 0 Å². The molecule has 0 radical (unpaired) electrons. The van der Waals surface area contributed by atoms with Crippen molar-refractivity contribution in [2.75, 3.05) is 5.32 Å². The second kappa shape index (κ2) is 7.49. The Morgan fingerprint density at radius 1 is 1.04 bits per heavy atom. The van der Waals surface area contributed by atoms with Crippen LogP contribution in [0.3, 0.4) is 0 Å². The molecule has 3 aromatic rings. The van der Waals surface area contributed by atoms with Gasteiger partial charge in [-0.05, 0) is 36.6 Å². The molecule has 26 heavy (non-hydrogen) atoms. The lowest BCUT2D eigenvalue weighted by molar-refractivity contribution is -0.123. The molecular formula is C21H16N2O3. The van der Waals surface area contributed by atoms with Gasteiger partial charge in [0.1, 0.15) is 0 Å². The maximum atomic E-state index is 12.4. The second-order valence-corrected chi connectivity index (χ2v) is 5.76. The van der Waals surface area contributed by atoms with Crippen LogP contribution in [0.2, 0.25) is 0 Å². The van der Waals surface area contributed by atoms with Gasteiger partial charge in [0.05, 0.1) is 17.2 Å². The number of carbonyl (C=O) groups excluding carboxylic acids is 2. The van der Waals surface area contributed by atoms with E-state index in [1.165, 1.54) is 13.0 Å². The van der Waals surface area contributed by atoms with Crippen molar-refractivity contribution in [3.63, 3.8) is 0 Å². The van der Waals surface area contributed by atoms with E-state index < -0.39 is 18.0 Å². The van der Waals surface area contributed by atoms with E-state index in [4.69, 9.17) is 10.00 Å². The summed E-state index contributed by atoms with van der Waals surface area (Å²) in [6.07, 6.45) is -0.979. The molecule has 5 heteroatoms. The maximum absolute atomic E-state index is 12.4. The van der Waals surface area contributed by atoms with Crippen LogP contribution in [0.4, 0.5) is 5.69 Å². The van der Waals surface area contributed by atoms with E-state index in [9.17, 15) is 9.59 Å². The molecule has 0 aromatic heterocycles. The van der Waals surface area contributed by atoms with Crippen LogP contribution in [-0.2, 0) is 9.53 Å². The van der Waals surface area contributed by atoms with E-state index in [0.29, 0.717) is 11.3 Å². The summed E-state index contributed by atoms with van der Waals surface area (Å²) in [5.41, 5.74) is 1.24. The van der Waals surface area contributed by atoms with Crippen molar-refractivity contribution >= 4 is 28.3 Å². The lowest BCUT2D eigenvalue weighted by Crippen LogP contribution is -2.30.